The fourth-order valence-corrected chi connectivity index (χ4v) is 3.82. The predicted molar refractivity (Wildman–Crippen MR) is 108 cm³/mol. The van der Waals surface area contributed by atoms with Gasteiger partial charge in [-0.1, -0.05) is 18.2 Å². The van der Waals surface area contributed by atoms with E-state index in [0.29, 0.717) is 28.9 Å². The van der Waals surface area contributed by atoms with Gasteiger partial charge in [-0.2, -0.15) is 0 Å². The van der Waals surface area contributed by atoms with E-state index in [2.05, 4.69) is 15.6 Å². The van der Waals surface area contributed by atoms with Crippen molar-refractivity contribution in [3.8, 4) is 11.5 Å². The first kappa shape index (κ1) is 19.2. The lowest BCUT2D eigenvalue weighted by Gasteiger charge is -2.10. The van der Waals surface area contributed by atoms with Gasteiger partial charge < -0.3 is 15.1 Å². The smallest absolute Gasteiger partial charge is 0.239 e. The molecule has 0 saturated heterocycles. The van der Waals surface area contributed by atoms with Crippen LogP contribution in [0.25, 0.3) is 11.5 Å². The number of benzene rings is 1. The Morgan fingerprint density at radius 2 is 2.00 bits per heavy atom. The Kier molecular flexibility index (Phi) is 6.31. The maximum Gasteiger partial charge on any atom is 0.239 e. The lowest BCUT2D eigenvalue weighted by atomic mass is 10.3. The molecule has 0 radical (unpaired) electrons. The molecule has 0 aliphatic heterocycles. The van der Waals surface area contributed by atoms with Gasteiger partial charge >= 0.3 is 0 Å². The molecule has 2 N–H and O–H groups in total. The summed E-state index contributed by atoms with van der Waals surface area (Å²) in [6.07, 6.45) is 0. The van der Waals surface area contributed by atoms with Crippen molar-refractivity contribution in [3.63, 3.8) is 0 Å². The molecule has 0 aliphatic rings. The molecule has 1 aromatic carbocycles. The van der Waals surface area contributed by atoms with E-state index < -0.39 is 0 Å². The number of carbonyl (C=O) groups is 2. The quantitative estimate of drug-likeness (QED) is 0.581. The molecule has 140 valence electrons. The molecule has 3 rings (SSSR count). The number of anilines is 1. The molecule has 0 bridgehead atoms. The van der Waals surface area contributed by atoms with Crippen molar-refractivity contribution < 1.29 is 14.0 Å². The molecule has 1 atom stereocenters. The second kappa shape index (κ2) is 8.88. The highest BCUT2D eigenvalue weighted by molar-refractivity contribution is 8.00. The summed E-state index contributed by atoms with van der Waals surface area (Å²) in [4.78, 5) is 28.8. The monoisotopic (exact) mass is 401 g/mol. The van der Waals surface area contributed by atoms with Gasteiger partial charge in [0.25, 0.3) is 0 Å². The maximum atomic E-state index is 12.4. The van der Waals surface area contributed by atoms with Crippen LogP contribution in [0.1, 0.15) is 19.6 Å². The number of carbonyl (C=O) groups excluding carboxylic acids is 2. The number of thioether (sulfide) groups is 1. The third-order valence-electron chi connectivity index (χ3n) is 3.59. The van der Waals surface area contributed by atoms with Crippen molar-refractivity contribution in [2.24, 2.45) is 0 Å². The van der Waals surface area contributed by atoms with Crippen LogP contribution >= 0.6 is 23.1 Å². The van der Waals surface area contributed by atoms with Crippen LogP contribution < -0.4 is 10.6 Å². The minimum atomic E-state index is -0.243. The van der Waals surface area contributed by atoms with Crippen molar-refractivity contribution in [2.75, 3.05) is 5.32 Å². The highest BCUT2D eigenvalue weighted by atomic mass is 32.2. The molecular formula is C19H19N3O3S2. The van der Waals surface area contributed by atoms with Crippen LogP contribution in [0.15, 0.2) is 57.2 Å². The molecule has 6 nitrogen and oxygen atoms in total. The van der Waals surface area contributed by atoms with Crippen molar-refractivity contribution in [1.82, 2.24) is 10.3 Å². The third-order valence-corrected chi connectivity index (χ3v) is 5.45. The van der Waals surface area contributed by atoms with E-state index >= 15 is 0 Å². The summed E-state index contributed by atoms with van der Waals surface area (Å²) in [7, 11) is 0. The van der Waals surface area contributed by atoms with Crippen LogP contribution in [0.5, 0.6) is 0 Å². The number of aromatic nitrogens is 1. The lowest BCUT2D eigenvalue weighted by molar-refractivity contribution is -0.119. The van der Waals surface area contributed by atoms with E-state index in [0.717, 1.165) is 4.90 Å². The van der Waals surface area contributed by atoms with Gasteiger partial charge in [0.05, 0.1) is 11.8 Å². The molecule has 0 aliphatic carbocycles. The van der Waals surface area contributed by atoms with E-state index in [1.54, 1.807) is 12.1 Å². The summed E-state index contributed by atoms with van der Waals surface area (Å²) < 4.78 is 5.68. The molecule has 0 saturated carbocycles. The van der Waals surface area contributed by atoms with Gasteiger partial charge in [0.2, 0.25) is 11.8 Å². The number of hydrogen-bond donors (Lipinski definition) is 2. The molecular weight excluding hydrogens is 382 g/mol. The molecule has 2 amide bonds. The molecule has 8 heteroatoms. The summed E-state index contributed by atoms with van der Waals surface area (Å²) >= 11 is 2.84. The predicted octanol–water partition coefficient (Wildman–Crippen LogP) is 4.16. The van der Waals surface area contributed by atoms with E-state index in [1.807, 2.05) is 42.6 Å². The standard InChI is InChI=1S/C19H19N3O3S2/c1-12(27-15-6-4-3-5-7-15)18(24)22-19-21-16(11-26-19)17-9-8-14(25-17)10-20-13(2)23/h3-9,11-12H,10H2,1-2H3,(H,20,23)(H,21,22,24). The first-order chi connectivity index (χ1) is 13.0. The molecule has 0 spiro atoms. The number of nitrogens with one attached hydrogen (secondary N) is 2. The Hall–Kier alpha value is -2.58. The zero-order chi connectivity index (χ0) is 19.2. The molecule has 27 heavy (non-hydrogen) atoms. The van der Waals surface area contributed by atoms with Gasteiger partial charge in [0.15, 0.2) is 10.9 Å². The van der Waals surface area contributed by atoms with E-state index in [1.165, 1.54) is 30.0 Å². The molecule has 2 aromatic heterocycles. The van der Waals surface area contributed by atoms with Gasteiger partial charge in [-0.3, -0.25) is 9.59 Å². The van der Waals surface area contributed by atoms with Gasteiger partial charge in [0.1, 0.15) is 11.5 Å². The van der Waals surface area contributed by atoms with Crippen LogP contribution in [-0.4, -0.2) is 22.0 Å². The second-order valence-electron chi connectivity index (χ2n) is 5.78. The van der Waals surface area contributed by atoms with Crippen LogP contribution in [0.2, 0.25) is 0 Å². The zero-order valence-corrected chi connectivity index (χ0v) is 16.5. The fraction of sp³-hybridized carbons (Fsp3) is 0.211. The van der Waals surface area contributed by atoms with Gasteiger partial charge in [0, 0.05) is 17.2 Å². The lowest BCUT2D eigenvalue weighted by Crippen LogP contribution is -2.22. The summed E-state index contributed by atoms with van der Waals surface area (Å²) in [5.41, 5.74) is 0.646. The Morgan fingerprint density at radius 3 is 2.74 bits per heavy atom. The van der Waals surface area contributed by atoms with Crippen LogP contribution in [0.4, 0.5) is 5.13 Å². The number of hydrogen-bond acceptors (Lipinski definition) is 6. The highest BCUT2D eigenvalue weighted by Gasteiger charge is 2.17. The number of nitrogens with zero attached hydrogens (tertiary/aromatic N) is 1. The SMILES string of the molecule is CC(=O)NCc1ccc(-c2csc(NC(=O)C(C)Sc3ccccc3)n2)o1. The number of furan rings is 1. The van der Waals surface area contributed by atoms with Crippen molar-refractivity contribution in [2.45, 2.75) is 30.5 Å². The summed E-state index contributed by atoms with van der Waals surface area (Å²) in [5, 5.41) is 7.63. The third kappa shape index (κ3) is 5.45. The summed E-state index contributed by atoms with van der Waals surface area (Å²) in [6, 6.07) is 13.4. The Balaban J connectivity index is 1.59. The fourth-order valence-electron chi connectivity index (χ4n) is 2.23. The molecule has 1 unspecified atom stereocenters. The first-order valence-electron chi connectivity index (χ1n) is 8.33. The molecule has 3 aromatic rings. The van der Waals surface area contributed by atoms with Crippen molar-refractivity contribution in [3.05, 3.63) is 53.6 Å². The van der Waals surface area contributed by atoms with Crippen LogP contribution in [0, 0.1) is 0 Å². The Morgan fingerprint density at radius 1 is 1.22 bits per heavy atom. The minimum absolute atomic E-state index is 0.101. The van der Waals surface area contributed by atoms with E-state index in [4.69, 9.17) is 4.42 Å². The minimum Gasteiger partial charge on any atom is -0.458 e. The summed E-state index contributed by atoms with van der Waals surface area (Å²) in [5.74, 6) is 1.02. The van der Waals surface area contributed by atoms with E-state index in [9.17, 15) is 9.59 Å². The Bertz CT molecular complexity index is 921. The average molecular weight is 402 g/mol. The van der Waals surface area contributed by atoms with Crippen LogP contribution in [0.3, 0.4) is 0 Å². The topological polar surface area (TPSA) is 84.2 Å². The Labute approximate surface area is 165 Å². The number of amides is 2. The average Bonchev–Trinajstić information content (AvgIpc) is 3.30. The van der Waals surface area contributed by atoms with Gasteiger partial charge in [-0.25, -0.2) is 4.98 Å². The largest absolute Gasteiger partial charge is 0.458 e. The van der Waals surface area contributed by atoms with Crippen molar-refractivity contribution >= 4 is 40.0 Å². The molecule has 2 heterocycles. The van der Waals surface area contributed by atoms with E-state index in [-0.39, 0.29) is 17.1 Å². The summed E-state index contributed by atoms with van der Waals surface area (Å²) in [6.45, 7) is 3.65. The van der Waals surface area contributed by atoms with Crippen molar-refractivity contribution in [1.29, 1.82) is 0 Å². The number of thiazole rings is 1. The molecule has 0 fully saturated rings. The van der Waals surface area contributed by atoms with Crippen LogP contribution in [-0.2, 0) is 16.1 Å². The van der Waals surface area contributed by atoms with Gasteiger partial charge in [-0.15, -0.1) is 23.1 Å². The number of rotatable bonds is 7. The maximum absolute atomic E-state index is 12.4. The zero-order valence-electron chi connectivity index (χ0n) is 14.9. The first-order valence-corrected chi connectivity index (χ1v) is 10.1. The second-order valence-corrected chi connectivity index (χ2v) is 8.05. The highest BCUT2D eigenvalue weighted by Crippen LogP contribution is 2.28. The van der Waals surface area contributed by atoms with Gasteiger partial charge in [-0.05, 0) is 31.2 Å². The normalized spacial score (nSPS) is 11.8.